The van der Waals surface area contributed by atoms with E-state index in [0.29, 0.717) is 54.9 Å². The molecule has 5 aliphatic rings. The lowest BCUT2D eigenvalue weighted by Gasteiger charge is -2.42. The predicted octanol–water partition coefficient (Wildman–Crippen LogP) is 6.01. The summed E-state index contributed by atoms with van der Waals surface area (Å²) in [5.74, 6) is 2.29. The monoisotopic (exact) mass is 822 g/mol. The molecule has 314 valence electrons. The number of aromatic nitrogens is 4. The quantitative estimate of drug-likeness (QED) is 0.185. The average molecular weight is 823 g/mol. The van der Waals surface area contributed by atoms with Gasteiger partial charge < -0.3 is 30.1 Å². The smallest absolute Gasteiger partial charge is 0.320 e. The number of urea groups is 1. The highest BCUT2D eigenvalue weighted by Gasteiger charge is 2.40. The SMILES string of the molecule is Nc1ncnc2c1c(-c1ccc(Oc3ccccc3)cc1)nn2C1CCN(C(=O)N2CCC(C3CCN(c4ccc5c(c4)CN(C4CCC(=O)NC4=O)C5=O)CC3)CC2)CC1. The van der Waals surface area contributed by atoms with Crippen molar-refractivity contribution < 1.29 is 23.9 Å². The van der Waals surface area contributed by atoms with Gasteiger partial charge in [0.1, 0.15) is 35.4 Å². The maximum atomic E-state index is 13.8. The van der Waals surface area contributed by atoms with Crippen molar-refractivity contribution in [1.29, 1.82) is 0 Å². The molecule has 5 amide bonds. The standard InChI is InChI=1S/C46H50N10O5/c47-42-40-41(31-6-9-36(10-7-31)61-35-4-2-1-3-5-35)51-56(43(40)49-28-48-42)33-18-24-54(25-19-33)46(60)53-22-16-30(17-23-53)29-14-20-52(21-15-29)34-8-11-37-32(26-34)27-55(45(37)59)38-12-13-39(57)50-44(38)58/h1-11,26,28-30,33,38H,12-25,27H2,(H2,47,48,49)(H,50,57,58). The summed E-state index contributed by atoms with van der Waals surface area (Å²) >= 11 is 0. The molecule has 0 aliphatic carbocycles. The Bertz CT molecular complexity index is 2470. The summed E-state index contributed by atoms with van der Waals surface area (Å²) in [6, 6.07) is 23.1. The van der Waals surface area contributed by atoms with Gasteiger partial charge in [0.2, 0.25) is 11.8 Å². The van der Waals surface area contributed by atoms with Crippen molar-refractivity contribution in [3.05, 3.63) is 90.3 Å². The Kier molecular flexibility index (Phi) is 10.2. The fraction of sp³-hybridized carbons (Fsp3) is 0.413. The van der Waals surface area contributed by atoms with E-state index in [1.54, 1.807) is 4.90 Å². The summed E-state index contributed by atoms with van der Waals surface area (Å²) in [4.78, 5) is 68.2. The van der Waals surface area contributed by atoms with Crippen LogP contribution in [0.15, 0.2) is 79.1 Å². The van der Waals surface area contributed by atoms with E-state index in [-0.39, 0.29) is 36.2 Å². The molecule has 2 aromatic heterocycles. The largest absolute Gasteiger partial charge is 0.457 e. The van der Waals surface area contributed by atoms with Gasteiger partial charge in [-0.1, -0.05) is 18.2 Å². The number of nitrogens with zero attached hydrogens (tertiary/aromatic N) is 8. The Hall–Kier alpha value is -6.51. The summed E-state index contributed by atoms with van der Waals surface area (Å²) in [7, 11) is 0. The number of fused-ring (bicyclic) bond motifs is 2. The first-order valence-electron chi connectivity index (χ1n) is 21.7. The number of anilines is 2. The molecule has 0 saturated carbocycles. The van der Waals surface area contributed by atoms with Crippen LogP contribution in [0.3, 0.4) is 0 Å². The Morgan fingerprint density at radius 3 is 2.13 bits per heavy atom. The Labute approximate surface area is 353 Å². The number of likely N-dealkylation sites (tertiary alicyclic amines) is 2. The molecule has 3 N–H and O–H groups in total. The Balaban J connectivity index is 0.711. The number of carbonyl (C=O) groups excluding carboxylic acids is 4. The number of nitrogens with two attached hydrogens (primary N) is 1. The van der Waals surface area contributed by atoms with Crippen LogP contribution in [-0.2, 0) is 16.1 Å². The molecule has 4 fully saturated rings. The normalized spacial score (nSPS) is 20.7. The van der Waals surface area contributed by atoms with E-state index in [1.807, 2.05) is 76.3 Å². The van der Waals surface area contributed by atoms with E-state index in [4.69, 9.17) is 15.6 Å². The zero-order valence-electron chi connectivity index (χ0n) is 34.1. The Morgan fingerprint density at radius 2 is 1.43 bits per heavy atom. The molecular formula is C46H50N10O5. The first-order valence-corrected chi connectivity index (χ1v) is 21.7. The lowest BCUT2D eigenvalue weighted by atomic mass is 9.78. The van der Waals surface area contributed by atoms with Crippen LogP contribution in [0.2, 0.25) is 0 Å². The third-order valence-corrected chi connectivity index (χ3v) is 13.6. The van der Waals surface area contributed by atoms with Gasteiger partial charge in [-0.3, -0.25) is 19.7 Å². The minimum absolute atomic E-state index is 0.0683. The summed E-state index contributed by atoms with van der Waals surface area (Å²) in [6.07, 6.45) is 7.86. The number of ether oxygens (including phenoxy) is 1. The number of hydrogen-bond acceptors (Lipinski definition) is 10. The van der Waals surface area contributed by atoms with Gasteiger partial charge in [-0.2, -0.15) is 5.10 Å². The molecule has 61 heavy (non-hydrogen) atoms. The summed E-state index contributed by atoms with van der Waals surface area (Å²) < 4.78 is 7.99. The molecule has 4 saturated heterocycles. The van der Waals surface area contributed by atoms with Crippen molar-refractivity contribution in [2.24, 2.45) is 11.8 Å². The molecule has 1 atom stereocenters. The Morgan fingerprint density at radius 1 is 0.754 bits per heavy atom. The van der Waals surface area contributed by atoms with Gasteiger partial charge >= 0.3 is 6.03 Å². The molecule has 0 bridgehead atoms. The average Bonchev–Trinajstić information content (AvgIpc) is 3.85. The second-order valence-corrected chi connectivity index (χ2v) is 17.1. The number of rotatable bonds is 7. The van der Waals surface area contributed by atoms with Crippen molar-refractivity contribution >= 4 is 46.3 Å². The van der Waals surface area contributed by atoms with Gasteiger partial charge in [0.15, 0.2) is 5.65 Å². The first-order chi connectivity index (χ1) is 29.8. The molecule has 0 radical (unpaired) electrons. The number of hydrogen-bond donors (Lipinski definition) is 2. The number of nitrogens with one attached hydrogen (secondary N) is 1. The van der Waals surface area contributed by atoms with E-state index < -0.39 is 6.04 Å². The number of amides is 5. The third kappa shape index (κ3) is 7.50. The minimum Gasteiger partial charge on any atom is -0.457 e. The summed E-state index contributed by atoms with van der Waals surface area (Å²) in [5.41, 5.74) is 11.4. The lowest BCUT2D eigenvalue weighted by molar-refractivity contribution is -0.136. The molecule has 15 heteroatoms. The maximum absolute atomic E-state index is 13.8. The fourth-order valence-electron chi connectivity index (χ4n) is 10.2. The van der Waals surface area contributed by atoms with Crippen molar-refractivity contribution in [2.45, 2.75) is 70.0 Å². The predicted molar refractivity (Wildman–Crippen MR) is 229 cm³/mol. The minimum atomic E-state index is -0.608. The number of para-hydroxylation sites is 1. The van der Waals surface area contributed by atoms with Crippen molar-refractivity contribution in [3.8, 4) is 22.8 Å². The number of imide groups is 1. The van der Waals surface area contributed by atoms with Crippen LogP contribution in [0, 0.1) is 11.8 Å². The zero-order valence-corrected chi connectivity index (χ0v) is 34.1. The van der Waals surface area contributed by atoms with Crippen LogP contribution < -0.4 is 20.7 Å². The lowest BCUT2D eigenvalue weighted by Crippen LogP contribution is -2.52. The maximum Gasteiger partial charge on any atom is 0.320 e. The molecular weight excluding hydrogens is 773 g/mol. The molecule has 10 rings (SSSR count). The van der Waals surface area contributed by atoms with E-state index in [1.165, 1.54) is 6.33 Å². The zero-order chi connectivity index (χ0) is 41.6. The van der Waals surface area contributed by atoms with Crippen LogP contribution in [0.4, 0.5) is 16.3 Å². The van der Waals surface area contributed by atoms with Gasteiger partial charge in [-0.05, 0) is 117 Å². The molecule has 7 heterocycles. The van der Waals surface area contributed by atoms with Crippen molar-refractivity contribution in [2.75, 3.05) is 49.9 Å². The van der Waals surface area contributed by atoms with Gasteiger partial charge in [0, 0.05) is 69.0 Å². The number of benzene rings is 3. The number of piperidine rings is 4. The van der Waals surface area contributed by atoms with Gasteiger partial charge in [-0.25, -0.2) is 19.4 Å². The summed E-state index contributed by atoms with van der Waals surface area (Å²) in [6.45, 7) is 5.15. The van der Waals surface area contributed by atoms with Crippen molar-refractivity contribution in [1.82, 2.24) is 39.8 Å². The van der Waals surface area contributed by atoms with Crippen LogP contribution >= 0.6 is 0 Å². The summed E-state index contributed by atoms with van der Waals surface area (Å²) in [5, 5.41) is 8.18. The number of nitrogen functional groups attached to an aromatic ring is 1. The topological polar surface area (TPSA) is 172 Å². The highest BCUT2D eigenvalue weighted by Crippen LogP contribution is 2.38. The van der Waals surface area contributed by atoms with E-state index in [0.717, 1.165) is 104 Å². The molecule has 15 nitrogen and oxygen atoms in total. The first kappa shape index (κ1) is 38.7. The van der Waals surface area contributed by atoms with Crippen LogP contribution in [0.25, 0.3) is 22.3 Å². The molecule has 5 aromatic rings. The molecule has 0 spiro atoms. The van der Waals surface area contributed by atoms with Crippen LogP contribution in [0.5, 0.6) is 11.5 Å². The van der Waals surface area contributed by atoms with Gasteiger partial charge in [0.25, 0.3) is 5.91 Å². The highest BCUT2D eigenvalue weighted by molar-refractivity contribution is 6.05. The second-order valence-electron chi connectivity index (χ2n) is 17.1. The molecule has 3 aromatic carbocycles. The molecule has 5 aliphatic heterocycles. The van der Waals surface area contributed by atoms with E-state index in [9.17, 15) is 19.2 Å². The number of carbonyl (C=O) groups is 4. The highest BCUT2D eigenvalue weighted by atomic mass is 16.5. The van der Waals surface area contributed by atoms with Crippen LogP contribution in [-0.4, -0.2) is 104 Å². The van der Waals surface area contributed by atoms with Gasteiger partial charge in [-0.15, -0.1) is 0 Å². The van der Waals surface area contributed by atoms with Gasteiger partial charge in [0.05, 0.1) is 11.4 Å². The van der Waals surface area contributed by atoms with Crippen LogP contribution in [0.1, 0.15) is 73.3 Å². The second kappa shape index (κ2) is 16.2. The van der Waals surface area contributed by atoms with E-state index >= 15 is 0 Å². The fourth-order valence-corrected chi connectivity index (χ4v) is 10.2. The van der Waals surface area contributed by atoms with Crippen molar-refractivity contribution in [3.63, 3.8) is 0 Å². The van der Waals surface area contributed by atoms with E-state index in [2.05, 4.69) is 31.2 Å². The third-order valence-electron chi connectivity index (χ3n) is 13.6. The molecule has 1 unspecified atom stereocenters.